The van der Waals surface area contributed by atoms with Crippen molar-refractivity contribution in [3.05, 3.63) is 23.9 Å². The first-order valence-electron chi connectivity index (χ1n) is 6.29. The van der Waals surface area contributed by atoms with E-state index in [2.05, 4.69) is 25.3 Å². The van der Waals surface area contributed by atoms with Gasteiger partial charge in [0.15, 0.2) is 0 Å². The van der Waals surface area contributed by atoms with E-state index in [9.17, 15) is 4.79 Å². The van der Waals surface area contributed by atoms with Crippen LogP contribution in [0.3, 0.4) is 0 Å². The first-order chi connectivity index (χ1) is 7.89. The zero-order valence-electron chi connectivity index (χ0n) is 11.1. The SMILES string of the molecule is C=C1/C=C2/C(=O)N(C)CCN2CCC(C)(C)C1. The topological polar surface area (TPSA) is 23.6 Å². The van der Waals surface area contributed by atoms with Crippen LogP contribution in [0.15, 0.2) is 23.9 Å². The van der Waals surface area contributed by atoms with Crippen molar-refractivity contribution >= 4 is 5.91 Å². The van der Waals surface area contributed by atoms with Crippen molar-refractivity contribution in [3.8, 4) is 0 Å². The molecule has 1 amide bonds. The maximum Gasteiger partial charge on any atom is 0.269 e. The quantitative estimate of drug-likeness (QED) is 0.640. The Morgan fingerprint density at radius 2 is 2.00 bits per heavy atom. The van der Waals surface area contributed by atoms with Gasteiger partial charge in [-0.25, -0.2) is 0 Å². The highest BCUT2D eigenvalue weighted by atomic mass is 16.2. The normalized spacial score (nSPS) is 28.1. The molecule has 0 aromatic carbocycles. The molecule has 2 heterocycles. The molecule has 3 heteroatoms. The van der Waals surface area contributed by atoms with E-state index in [0.29, 0.717) is 0 Å². The van der Waals surface area contributed by atoms with Gasteiger partial charge >= 0.3 is 0 Å². The summed E-state index contributed by atoms with van der Waals surface area (Å²) in [5, 5.41) is 0. The first-order valence-corrected chi connectivity index (χ1v) is 6.29. The predicted octanol–water partition coefficient (Wildman–Crippen LogP) is 2.02. The van der Waals surface area contributed by atoms with Crippen LogP contribution in [0.5, 0.6) is 0 Å². The molecule has 0 N–H and O–H groups in total. The number of carbonyl (C=O) groups is 1. The molecule has 0 spiro atoms. The molecule has 0 atom stereocenters. The lowest BCUT2D eigenvalue weighted by Crippen LogP contribution is -2.48. The second-order valence-corrected chi connectivity index (χ2v) is 5.99. The Labute approximate surface area is 104 Å². The molecule has 0 saturated carbocycles. The fraction of sp³-hybridized carbons (Fsp3) is 0.643. The molecule has 2 rings (SSSR count). The van der Waals surface area contributed by atoms with Crippen LogP contribution in [0, 0.1) is 5.41 Å². The minimum atomic E-state index is 0.136. The van der Waals surface area contributed by atoms with Gasteiger partial charge in [-0.3, -0.25) is 4.79 Å². The van der Waals surface area contributed by atoms with E-state index in [4.69, 9.17) is 0 Å². The summed E-state index contributed by atoms with van der Waals surface area (Å²) >= 11 is 0. The van der Waals surface area contributed by atoms with Crippen molar-refractivity contribution < 1.29 is 4.79 Å². The minimum absolute atomic E-state index is 0.136. The summed E-state index contributed by atoms with van der Waals surface area (Å²) in [6, 6.07) is 0. The molecule has 3 nitrogen and oxygen atoms in total. The monoisotopic (exact) mass is 234 g/mol. The van der Waals surface area contributed by atoms with Crippen molar-refractivity contribution in [1.82, 2.24) is 9.80 Å². The molecular weight excluding hydrogens is 212 g/mol. The van der Waals surface area contributed by atoms with Crippen LogP contribution in [0.2, 0.25) is 0 Å². The minimum Gasteiger partial charge on any atom is -0.365 e. The van der Waals surface area contributed by atoms with E-state index in [1.54, 1.807) is 4.90 Å². The number of hydrogen-bond acceptors (Lipinski definition) is 2. The Bertz CT molecular complexity index is 382. The van der Waals surface area contributed by atoms with Crippen LogP contribution in [-0.4, -0.2) is 42.4 Å². The lowest BCUT2D eigenvalue weighted by atomic mass is 9.81. The molecule has 0 aromatic heterocycles. The van der Waals surface area contributed by atoms with E-state index >= 15 is 0 Å². The van der Waals surface area contributed by atoms with E-state index in [1.807, 2.05) is 13.1 Å². The zero-order chi connectivity index (χ0) is 12.6. The lowest BCUT2D eigenvalue weighted by molar-refractivity contribution is -0.130. The molecule has 0 unspecified atom stereocenters. The van der Waals surface area contributed by atoms with E-state index in [1.165, 1.54) is 0 Å². The number of amides is 1. The number of piperazine rings is 1. The Morgan fingerprint density at radius 1 is 1.29 bits per heavy atom. The predicted molar refractivity (Wildman–Crippen MR) is 69.4 cm³/mol. The van der Waals surface area contributed by atoms with Crippen LogP contribution in [0.25, 0.3) is 0 Å². The molecule has 94 valence electrons. The van der Waals surface area contributed by atoms with Gasteiger partial charge in [-0.15, -0.1) is 0 Å². The molecular formula is C14H22N2O. The average molecular weight is 234 g/mol. The lowest BCUT2D eigenvalue weighted by Gasteiger charge is -2.39. The van der Waals surface area contributed by atoms with E-state index in [0.717, 1.165) is 43.7 Å². The fourth-order valence-electron chi connectivity index (χ4n) is 2.59. The maximum atomic E-state index is 12.1. The third-order valence-corrected chi connectivity index (χ3v) is 3.72. The average Bonchev–Trinajstić information content (AvgIpc) is 2.21. The summed E-state index contributed by atoms with van der Waals surface area (Å²) < 4.78 is 0. The smallest absolute Gasteiger partial charge is 0.269 e. The van der Waals surface area contributed by atoms with Crippen molar-refractivity contribution in [2.75, 3.05) is 26.7 Å². The van der Waals surface area contributed by atoms with Crippen LogP contribution in [0.4, 0.5) is 0 Å². The van der Waals surface area contributed by atoms with Gasteiger partial charge in [0.2, 0.25) is 0 Å². The molecule has 0 bridgehead atoms. The van der Waals surface area contributed by atoms with Gasteiger partial charge in [-0.2, -0.15) is 0 Å². The Hall–Kier alpha value is -1.25. The third-order valence-electron chi connectivity index (χ3n) is 3.72. The molecule has 0 aromatic rings. The molecule has 2 aliphatic heterocycles. The highest BCUT2D eigenvalue weighted by molar-refractivity contribution is 5.93. The number of rotatable bonds is 0. The molecule has 0 radical (unpaired) electrons. The third kappa shape index (κ3) is 2.54. The molecule has 1 fully saturated rings. The largest absolute Gasteiger partial charge is 0.365 e. The zero-order valence-corrected chi connectivity index (χ0v) is 11.1. The second kappa shape index (κ2) is 4.21. The Kier molecular flexibility index (Phi) is 3.02. The van der Waals surface area contributed by atoms with E-state index in [-0.39, 0.29) is 11.3 Å². The highest BCUT2D eigenvalue weighted by Gasteiger charge is 2.30. The maximum absolute atomic E-state index is 12.1. The van der Waals surface area contributed by atoms with Gasteiger partial charge in [0.05, 0.1) is 0 Å². The molecule has 2 aliphatic rings. The summed E-state index contributed by atoms with van der Waals surface area (Å²) in [4.78, 5) is 16.1. The molecule has 1 saturated heterocycles. The van der Waals surface area contributed by atoms with Gasteiger partial charge in [-0.05, 0) is 24.3 Å². The number of carbonyl (C=O) groups excluding carboxylic acids is 1. The Morgan fingerprint density at radius 3 is 2.71 bits per heavy atom. The van der Waals surface area contributed by atoms with Crippen molar-refractivity contribution in [3.63, 3.8) is 0 Å². The highest BCUT2D eigenvalue weighted by Crippen LogP contribution is 2.33. The standard InChI is InChI=1S/C14H22N2O/c1-11-9-12-13(17)15(4)7-8-16(12)6-5-14(2,3)10-11/h9H,1,5-8,10H2,2-4H3/b12-9-. The fourth-order valence-corrected chi connectivity index (χ4v) is 2.59. The summed E-state index contributed by atoms with van der Waals surface area (Å²) in [6.45, 7) is 11.4. The van der Waals surface area contributed by atoms with Crippen molar-refractivity contribution in [1.29, 1.82) is 0 Å². The second-order valence-electron chi connectivity index (χ2n) is 5.99. The van der Waals surface area contributed by atoms with Gasteiger partial charge in [0.1, 0.15) is 5.70 Å². The number of hydrogen-bond donors (Lipinski definition) is 0. The Balaban J connectivity index is 2.29. The van der Waals surface area contributed by atoms with Crippen LogP contribution < -0.4 is 0 Å². The van der Waals surface area contributed by atoms with Gasteiger partial charge in [0, 0.05) is 26.7 Å². The van der Waals surface area contributed by atoms with Crippen molar-refractivity contribution in [2.24, 2.45) is 5.41 Å². The summed E-state index contributed by atoms with van der Waals surface area (Å²) in [6.07, 6.45) is 4.07. The number of nitrogens with zero attached hydrogens (tertiary/aromatic N) is 2. The van der Waals surface area contributed by atoms with E-state index < -0.39 is 0 Å². The van der Waals surface area contributed by atoms with Crippen LogP contribution >= 0.6 is 0 Å². The number of allylic oxidation sites excluding steroid dienone is 2. The number of likely N-dealkylation sites (N-methyl/N-ethyl adjacent to an activating group) is 1. The van der Waals surface area contributed by atoms with Crippen molar-refractivity contribution in [2.45, 2.75) is 26.7 Å². The summed E-state index contributed by atoms with van der Waals surface area (Å²) in [7, 11) is 1.87. The number of fused-ring (bicyclic) bond motifs is 1. The van der Waals surface area contributed by atoms with Gasteiger partial charge in [-0.1, -0.05) is 26.0 Å². The summed E-state index contributed by atoms with van der Waals surface area (Å²) in [5.41, 5.74) is 2.18. The molecule has 0 aliphatic carbocycles. The first kappa shape index (κ1) is 12.2. The molecule has 17 heavy (non-hydrogen) atoms. The van der Waals surface area contributed by atoms with Crippen LogP contribution in [0.1, 0.15) is 26.7 Å². The van der Waals surface area contributed by atoms with Crippen LogP contribution in [-0.2, 0) is 4.79 Å². The summed E-state index contributed by atoms with van der Waals surface area (Å²) in [5.74, 6) is 0.136. The van der Waals surface area contributed by atoms with Gasteiger partial charge in [0.25, 0.3) is 5.91 Å². The van der Waals surface area contributed by atoms with Gasteiger partial charge < -0.3 is 9.80 Å².